The molecule has 0 radical (unpaired) electrons. The van der Waals surface area contributed by atoms with Crippen LogP contribution in [0, 0.1) is 0 Å². The average Bonchev–Trinajstić information content (AvgIpc) is 2.53. The number of nitrogens with one attached hydrogen (secondary N) is 1. The van der Waals surface area contributed by atoms with Gasteiger partial charge in [0.1, 0.15) is 6.54 Å². The summed E-state index contributed by atoms with van der Waals surface area (Å²) in [5.74, 6) is -0.463. The SMILES string of the molecule is O=C(Cn1cc(C(F)(F)F)ccc1=O)NCCCN1CCCCC1. The zero-order chi connectivity index (χ0) is 17.6. The lowest BCUT2D eigenvalue weighted by molar-refractivity contribution is -0.138. The van der Waals surface area contributed by atoms with Crippen LogP contribution < -0.4 is 10.9 Å². The van der Waals surface area contributed by atoms with Gasteiger partial charge in [-0.3, -0.25) is 9.59 Å². The molecule has 1 fully saturated rings. The lowest BCUT2D eigenvalue weighted by Gasteiger charge is -2.26. The third-order valence-electron chi connectivity index (χ3n) is 4.05. The molecular weight excluding hydrogens is 323 g/mol. The molecule has 0 aromatic carbocycles. The van der Waals surface area contributed by atoms with E-state index in [1.165, 1.54) is 19.3 Å². The van der Waals surface area contributed by atoms with Gasteiger partial charge in [0.15, 0.2) is 0 Å². The van der Waals surface area contributed by atoms with Gasteiger partial charge in [0.2, 0.25) is 5.91 Å². The van der Waals surface area contributed by atoms with Gasteiger partial charge in [-0.15, -0.1) is 0 Å². The van der Waals surface area contributed by atoms with Crippen molar-refractivity contribution in [3.63, 3.8) is 0 Å². The maximum absolute atomic E-state index is 12.6. The lowest BCUT2D eigenvalue weighted by Crippen LogP contribution is -2.35. The summed E-state index contributed by atoms with van der Waals surface area (Å²) in [5.41, 5.74) is -1.58. The maximum Gasteiger partial charge on any atom is 0.417 e. The Bertz CT molecular complexity index is 607. The van der Waals surface area contributed by atoms with Crippen molar-refractivity contribution in [3.8, 4) is 0 Å². The fourth-order valence-electron chi connectivity index (χ4n) is 2.75. The number of hydrogen-bond acceptors (Lipinski definition) is 3. The van der Waals surface area contributed by atoms with Crippen LogP contribution >= 0.6 is 0 Å². The minimum Gasteiger partial charge on any atom is -0.355 e. The van der Waals surface area contributed by atoms with Crippen molar-refractivity contribution in [2.75, 3.05) is 26.2 Å². The molecule has 2 heterocycles. The highest BCUT2D eigenvalue weighted by molar-refractivity contribution is 5.75. The molecule has 0 bridgehead atoms. The fraction of sp³-hybridized carbons (Fsp3) is 0.625. The third-order valence-corrected chi connectivity index (χ3v) is 4.05. The normalized spacial score (nSPS) is 16.1. The molecule has 1 saturated heterocycles. The number of rotatable bonds is 6. The van der Waals surface area contributed by atoms with E-state index in [1.54, 1.807) is 0 Å². The van der Waals surface area contributed by atoms with Crippen molar-refractivity contribution in [2.24, 2.45) is 0 Å². The van der Waals surface area contributed by atoms with E-state index in [4.69, 9.17) is 0 Å². The molecule has 0 aliphatic carbocycles. The van der Waals surface area contributed by atoms with Crippen LogP contribution in [0.2, 0.25) is 0 Å². The van der Waals surface area contributed by atoms with E-state index in [2.05, 4.69) is 10.2 Å². The Balaban J connectivity index is 1.78. The third kappa shape index (κ3) is 5.67. The van der Waals surface area contributed by atoms with Crippen LogP contribution in [0.5, 0.6) is 0 Å². The Morgan fingerprint density at radius 2 is 1.88 bits per heavy atom. The number of pyridine rings is 1. The van der Waals surface area contributed by atoms with Crippen LogP contribution in [-0.2, 0) is 17.5 Å². The van der Waals surface area contributed by atoms with E-state index in [0.29, 0.717) is 12.7 Å². The Kier molecular flexibility index (Phi) is 6.42. The Hall–Kier alpha value is -1.83. The molecule has 1 aromatic rings. The molecule has 2 rings (SSSR count). The van der Waals surface area contributed by atoms with Crippen LogP contribution in [0.1, 0.15) is 31.2 Å². The highest BCUT2D eigenvalue weighted by atomic mass is 19.4. The molecule has 0 atom stereocenters. The van der Waals surface area contributed by atoms with Gasteiger partial charge in [0.05, 0.1) is 5.56 Å². The number of alkyl halides is 3. The van der Waals surface area contributed by atoms with Crippen molar-refractivity contribution in [1.82, 2.24) is 14.8 Å². The van der Waals surface area contributed by atoms with Gasteiger partial charge in [0.25, 0.3) is 5.56 Å². The predicted octanol–water partition coefficient (Wildman–Crippen LogP) is 1.86. The number of aromatic nitrogens is 1. The first-order valence-electron chi connectivity index (χ1n) is 8.13. The molecule has 5 nitrogen and oxygen atoms in total. The molecule has 134 valence electrons. The summed E-state index contributed by atoms with van der Waals surface area (Å²) in [6.45, 7) is 3.08. The number of halogens is 3. The molecular formula is C16H22F3N3O2. The fourth-order valence-corrected chi connectivity index (χ4v) is 2.75. The molecule has 8 heteroatoms. The Morgan fingerprint density at radius 3 is 2.54 bits per heavy atom. The molecule has 1 aliphatic heterocycles. The molecule has 0 saturated carbocycles. The smallest absolute Gasteiger partial charge is 0.355 e. The minimum atomic E-state index is -4.54. The number of carbonyl (C=O) groups is 1. The highest BCUT2D eigenvalue weighted by Gasteiger charge is 2.31. The zero-order valence-corrected chi connectivity index (χ0v) is 13.4. The quantitative estimate of drug-likeness (QED) is 0.801. The summed E-state index contributed by atoms with van der Waals surface area (Å²) < 4.78 is 38.7. The first-order valence-corrected chi connectivity index (χ1v) is 8.13. The van der Waals surface area contributed by atoms with Crippen molar-refractivity contribution in [3.05, 3.63) is 34.2 Å². The van der Waals surface area contributed by atoms with Crippen molar-refractivity contribution in [1.29, 1.82) is 0 Å². The average molecular weight is 345 g/mol. The van der Waals surface area contributed by atoms with E-state index in [0.717, 1.165) is 42.8 Å². The number of carbonyl (C=O) groups excluding carboxylic acids is 1. The number of likely N-dealkylation sites (tertiary alicyclic amines) is 1. The van der Waals surface area contributed by atoms with Gasteiger partial charge >= 0.3 is 6.18 Å². The molecule has 1 N–H and O–H groups in total. The molecule has 1 aromatic heterocycles. The first-order chi connectivity index (χ1) is 11.4. The van der Waals surface area contributed by atoms with Gasteiger partial charge in [0, 0.05) is 18.8 Å². The van der Waals surface area contributed by atoms with Crippen LogP contribution in [0.15, 0.2) is 23.1 Å². The van der Waals surface area contributed by atoms with Crippen LogP contribution in [0.25, 0.3) is 0 Å². The molecule has 1 amide bonds. The van der Waals surface area contributed by atoms with Crippen LogP contribution in [0.4, 0.5) is 13.2 Å². The van der Waals surface area contributed by atoms with Gasteiger partial charge in [-0.05, 0) is 45.0 Å². The van der Waals surface area contributed by atoms with E-state index < -0.39 is 29.8 Å². The Labute approximate surface area is 138 Å². The van der Waals surface area contributed by atoms with E-state index >= 15 is 0 Å². The lowest BCUT2D eigenvalue weighted by atomic mass is 10.1. The molecule has 0 spiro atoms. The first kappa shape index (κ1) is 18.5. The van der Waals surface area contributed by atoms with Gasteiger partial charge in [-0.25, -0.2) is 0 Å². The second kappa shape index (κ2) is 8.32. The largest absolute Gasteiger partial charge is 0.417 e. The number of nitrogens with zero attached hydrogens (tertiary/aromatic N) is 2. The maximum atomic E-state index is 12.6. The topological polar surface area (TPSA) is 54.3 Å². The summed E-state index contributed by atoms with van der Waals surface area (Å²) in [6, 6.07) is 1.54. The van der Waals surface area contributed by atoms with Crippen molar-refractivity contribution in [2.45, 2.75) is 38.4 Å². The summed E-state index contributed by atoms with van der Waals surface area (Å²) >= 11 is 0. The second-order valence-corrected chi connectivity index (χ2v) is 5.99. The summed E-state index contributed by atoms with van der Waals surface area (Å²) in [6.07, 6.45) is 0.577. The summed E-state index contributed by atoms with van der Waals surface area (Å²) in [5, 5.41) is 2.65. The molecule has 1 aliphatic rings. The van der Waals surface area contributed by atoms with Crippen LogP contribution in [-0.4, -0.2) is 41.6 Å². The van der Waals surface area contributed by atoms with E-state index in [1.807, 2.05) is 0 Å². The monoisotopic (exact) mass is 345 g/mol. The minimum absolute atomic E-state index is 0.410. The van der Waals surface area contributed by atoms with Crippen molar-refractivity contribution < 1.29 is 18.0 Å². The zero-order valence-electron chi connectivity index (χ0n) is 13.4. The Morgan fingerprint density at radius 1 is 1.17 bits per heavy atom. The number of piperidine rings is 1. The summed E-state index contributed by atoms with van der Waals surface area (Å²) in [4.78, 5) is 25.7. The predicted molar refractivity (Wildman–Crippen MR) is 83.6 cm³/mol. The molecule has 0 unspecified atom stereocenters. The van der Waals surface area contributed by atoms with E-state index in [-0.39, 0.29) is 0 Å². The van der Waals surface area contributed by atoms with Gasteiger partial charge in [-0.2, -0.15) is 13.2 Å². The standard InChI is InChI=1S/C16H22F3N3O2/c17-16(18,19)13-5-6-15(24)22(11-13)12-14(23)20-7-4-10-21-8-2-1-3-9-21/h5-6,11H,1-4,7-10,12H2,(H,20,23). The molecule has 24 heavy (non-hydrogen) atoms. The number of hydrogen-bond donors (Lipinski definition) is 1. The highest BCUT2D eigenvalue weighted by Crippen LogP contribution is 2.27. The van der Waals surface area contributed by atoms with Gasteiger partial charge in [-0.1, -0.05) is 6.42 Å². The summed E-state index contributed by atoms with van der Waals surface area (Å²) in [7, 11) is 0. The second-order valence-electron chi connectivity index (χ2n) is 5.99. The van der Waals surface area contributed by atoms with Gasteiger partial charge < -0.3 is 14.8 Å². The van der Waals surface area contributed by atoms with Crippen LogP contribution in [0.3, 0.4) is 0 Å². The number of amides is 1. The van der Waals surface area contributed by atoms with Crippen molar-refractivity contribution >= 4 is 5.91 Å². The van der Waals surface area contributed by atoms with E-state index in [9.17, 15) is 22.8 Å².